The van der Waals surface area contributed by atoms with E-state index < -0.39 is 5.97 Å². The van der Waals surface area contributed by atoms with Crippen LogP contribution in [0.5, 0.6) is 0 Å². The molecule has 3 heteroatoms. The molecule has 0 amide bonds. The quantitative estimate of drug-likeness (QED) is 0.823. The highest BCUT2D eigenvalue weighted by Crippen LogP contribution is 2.15. The molecule has 0 saturated heterocycles. The summed E-state index contributed by atoms with van der Waals surface area (Å²) >= 11 is 0. The normalized spacial score (nSPS) is 14.6. The van der Waals surface area contributed by atoms with Crippen LogP contribution < -0.4 is 0 Å². The van der Waals surface area contributed by atoms with E-state index in [4.69, 9.17) is 5.11 Å². The summed E-state index contributed by atoms with van der Waals surface area (Å²) in [6.45, 7) is 5.37. The lowest BCUT2D eigenvalue weighted by molar-refractivity contribution is -0.141. The smallest absolute Gasteiger partial charge is 0.307 e. The Balaban J connectivity index is 2.46. The fourth-order valence-corrected chi connectivity index (χ4v) is 1.97. The molecule has 3 nitrogen and oxygen atoms in total. The minimum absolute atomic E-state index is 0.317. The molecule has 0 heterocycles. The third kappa shape index (κ3) is 4.57. The number of carboxylic acids is 1. The number of hydrogen-bond donors (Lipinski definition) is 1. The molecule has 0 aliphatic carbocycles. The van der Waals surface area contributed by atoms with E-state index in [-0.39, 0.29) is 5.92 Å². The number of rotatable bonds is 6. The summed E-state index contributed by atoms with van der Waals surface area (Å²) in [5.41, 5.74) is 1.29. The maximum absolute atomic E-state index is 10.8. The van der Waals surface area contributed by atoms with Gasteiger partial charge in [-0.2, -0.15) is 0 Å². The van der Waals surface area contributed by atoms with Crippen molar-refractivity contribution in [3.8, 4) is 0 Å². The molecule has 1 rings (SSSR count). The molecule has 1 aromatic carbocycles. The molecule has 2 unspecified atom stereocenters. The van der Waals surface area contributed by atoms with E-state index in [1.54, 1.807) is 6.92 Å². The molecule has 2 atom stereocenters. The van der Waals surface area contributed by atoms with E-state index in [1.807, 2.05) is 25.2 Å². The summed E-state index contributed by atoms with van der Waals surface area (Å²) < 4.78 is 0. The molecule has 0 fully saturated rings. The van der Waals surface area contributed by atoms with Crippen molar-refractivity contribution >= 4 is 5.97 Å². The zero-order valence-electron chi connectivity index (χ0n) is 10.8. The number of nitrogens with zero attached hydrogens (tertiary/aromatic N) is 1. The summed E-state index contributed by atoms with van der Waals surface area (Å²) in [5, 5.41) is 8.86. The standard InChI is InChI=1S/C14H21NO2/c1-11(13-7-5-4-6-8-13)9-15(3)10-12(2)14(16)17/h4-8,11-12H,9-10H2,1-3H3,(H,16,17). The fraction of sp³-hybridized carbons (Fsp3) is 0.500. The summed E-state index contributed by atoms with van der Waals surface area (Å²) in [7, 11) is 1.97. The molecule has 17 heavy (non-hydrogen) atoms. The van der Waals surface area contributed by atoms with Crippen LogP contribution in [0, 0.1) is 5.92 Å². The van der Waals surface area contributed by atoms with Crippen molar-refractivity contribution < 1.29 is 9.90 Å². The molecule has 1 aromatic rings. The number of carboxylic acid groups (broad SMARTS) is 1. The Morgan fingerprint density at radius 2 is 1.82 bits per heavy atom. The topological polar surface area (TPSA) is 40.5 Å². The minimum atomic E-state index is -0.732. The number of carbonyl (C=O) groups is 1. The van der Waals surface area contributed by atoms with Crippen LogP contribution in [0.25, 0.3) is 0 Å². The number of hydrogen-bond acceptors (Lipinski definition) is 2. The van der Waals surface area contributed by atoms with Gasteiger partial charge in [-0.05, 0) is 18.5 Å². The number of benzene rings is 1. The van der Waals surface area contributed by atoms with E-state index >= 15 is 0 Å². The van der Waals surface area contributed by atoms with E-state index in [0.717, 1.165) is 6.54 Å². The summed E-state index contributed by atoms with van der Waals surface area (Å²) in [6.07, 6.45) is 0. The van der Waals surface area contributed by atoms with Gasteiger partial charge in [0.15, 0.2) is 0 Å². The SMILES string of the molecule is CC(CN(C)CC(C)c1ccccc1)C(=O)O. The van der Waals surface area contributed by atoms with E-state index in [0.29, 0.717) is 12.5 Å². The van der Waals surface area contributed by atoms with Crippen LogP contribution in [-0.2, 0) is 4.79 Å². The van der Waals surface area contributed by atoms with Gasteiger partial charge in [-0.1, -0.05) is 44.2 Å². The Hall–Kier alpha value is -1.35. The highest BCUT2D eigenvalue weighted by molar-refractivity contribution is 5.69. The predicted molar refractivity (Wildman–Crippen MR) is 69.2 cm³/mol. The van der Waals surface area contributed by atoms with Crippen molar-refractivity contribution in [1.82, 2.24) is 4.90 Å². The Morgan fingerprint density at radius 3 is 2.35 bits per heavy atom. The minimum Gasteiger partial charge on any atom is -0.481 e. The summed E-state index contributed by atoms with van der Waals surface area (Å²) in [5.74, 6) is -0.630. The van der Waals surface area contributed by atoms with Gasteiger partial charge in [0.25, 0.3) is 0 Å². The van der Waals surface area contributed by atoms with Crippen LogP contribution in [-0.4, -0.2) is 36.1 Å². The van der Waals surface area contributed by atoms with Gasteiger partial charge in [-0.15, -0.1) is 0 Å². The Labute approximate surface area is 103 Å². The van der Waals surface area contributed by atoms with Crippen molar-refractivity contribution in [2.45, 2.75) is 19.8 Å². The molecule has 0 aliphatic rings. The highest BCUT2D eigenvalue weighted by Gasteiger charge is 2.15. The molecule has 0 radical (unpaired) electrons. The van der Waals surface area contributed by atoms with Crippen molar-refractivity contribution in [1.29, 1.82) is 0 Å². The first-order chi connectivity index (χ1) is 8.00. The van der Waals surface area contributed by atoms with Gasteiger partial charge in [0, 0.05) is 13.1 Å². The zero-order valence-corrected chi connectivity index (χ0v) is 10.8. The highest BCUT2D eigenvalue weighted by atomic mass is 16.4. The van der Waals surface area contributed by atoms with Gasteiger partial charge in [-0.25, -0.2) is 0 Å². The number of aliphatic carboxylic acids is 1. The van der Waals surface area contributed by atoms with Gasteiger partial charge in [-0.3, -0.25) is 4.79 Å². The zero-order chi connectivity index (χ0) is 12.8. The van der Waals surface area contributed by atoms with Gasteiger partial charge in [0.2, 0.25) is 0 Å². The second kappa shape index (κ2) is 6.40. The lowest BCUT2D eigenvalue weighted by atomic mass is 10.0. The largest absolute Gasteiger partial charge is 0.481 e. The van der Waals surface area contributed by atoms with Crippen LogP contribution in [0.2, 0.25) is 0 Å². The molecule has 0 aromatic heterocycles. The third-order valence-corrected chi connectivity index (χ3v) is 2.96. The lowest BCUT2D eigenvalue weighted by Gasteiger charge is -2.23. The molecular weight excluding hydrogens is 214 g/mol. The van der Waals surface area contributed by atoms with Gasteiger partial charge in [0.05, 0.1) is 5.92 Å². The second-order valence-corrected chi connectivity index (χ2v) is 4.77. The van der Waals surface area contributed by atoms with Crippen LogP contribution >= 0.6 is 0 Å². The van der Waals surface area contributed by atoms with Crippen LogP contribution in [0.4, 0.5) is 0 Å². The first kappa shape index (κ1) is 13.7. The monoisotopic (exact) mass is 235 g/mol. The fourth-order valence-electron chi connectivity index (χ4n) is 1.97. The molecule has 0 aliphatic heterocycles. The molecular formula is C14H21NO2. The van der Waals surface area contributed by atoms with E-state index in [1.165, 1.54) is 5.56 Å². The summed E-state index contributed by atoms with van der Waals surface area (Å²) in [6, 6.07) is 10.3. The van der Waals surface area contributed by atoms with Gasteiger partial charge < -0.3 is 10.0 Å². The third-order valence-electron chi connectivity index (χ3n) is 2.96. The van der Waals surface area contributed by atoms with Crippen LogP contribution in [0.15, 0.2) is 30.3 Å². The molecule has 0 spiro atoms. The van der Waals surface area contributed by atoms with E-state index in [9.17, 15) is 4.79 Å². The Kier molecular flexibility index (Phi) is 5.16. The molecule has 0 saturated carbocycles. The Morgan fingerprint density at radius 1 is 1.24 bits per heavy atom. The maximum atomic E-state index is 10.8. The van der Waals surface area contributed by atoms with Crippen LogP contribution in [0.3, 0.4) is 0 Å². The average molecular weight is 235 g/mol. The number of likely N-dealkylation sites (N-methyl/N-ethyl adjacent to an activating group) is 1. The lowest BCUT2D eigenvalue weighted by Crippen LogP contribution is -2.31. The van der Waals surface area contributed by atoms with Gasteiger partial charge >= 0.3 is 5.97 Å². The van der Waals surface area contributed by atoms with Crippen molar-refractivity contribution in [2.24, 2.45) is 5.92 Å². The predicted octanol–water partition coefficient (Wildman–Crippen LogP) is 2.44. The summed E-state index contributed by atoms with van der Waals surface area (Å²) in [4.78, 5) is 12.8. The molecule has 0 bridgehead atoms. The Bertz CT molecular complexity index is 350. The van der Waals surface area contributed by atoms with E-state index in [2.05, 4.69) is 24.0 Å². The van der Waals surface area contributed by atoms with Crippen molar-refractivity contribution in [2.75, 3.05) is 20.1 Å². The van der Waals surface area contributed by atoms with Crippen molar-refractivity contribution in [3.63, 3.8) is 0 Å². The first-order valence-electron chi connectivity index (χ1n) is 5.97. The molecule has 1 N–H and O–H groups in total. The first-order valence-corrected chi connectivity index (χ1v) is 5.97. The van der Waals surface area contributed by atoms with Gasteiger partial charge in [0.1, 0.15) is 0 Å². The maximum Gasteiger partial charge on any atom is 0.307 e. The molecule has 94 valence electrons. The second-order valence-electron chi connectivity index (χ2n) is 4.77. The van der Waals surface area contributed by atoms with Crippen LogP contribution in [0.1, 0.15) is 25.3 Å². The average Bonchev–Trinajstić information content (AvgIpc) is 2.29. The van der Waals surface area contributed by atoms with Crippen molar-refractivity contribution in [3.05, 3.63) is 35.9 Å².